The van der Waals surface area contributed by atoms with E-state index in [1.54, 1.807) is 25.4 Å². The Morgan fingerprint density at radius 3 is 2.28 bits per heavy atom. The van der Waals surface area contributed by atoms with Gasteiger partial charge in [-0.15, -0.1) is 0 Å². The molecular weight excluding hydrogens is 432 g/mol. The number of sulfone groups is 1. The first-order valence-corrected chi connectivity index (χ1v) is 12.1. The number of hydrogen-bond acceptors (Lipinski definition) is 6. The van der Waals surface area contributed by atoms with Crippen LogP contribution in [0.25, 0.3) is 21.9 Å². The van der Waals surface area contributed by atoms with Crippen molar-refractivity contribution >= 4 is 26.5 Å². The topological polar surface area (TPSA) is 115 Å². The molecule has 32 heavy (non-hydrogen) atoms. The zero-order valence-corrected chi connectivity index (χ0v) is 19.3. The minimum Gasteiger partial charge on any atom is -0.497 e. The van der Waals surface area contributed by atoms with E-state index in [4.69, 9.17) is 9.94 Å². The predicted molar refractivity (Wildman–Crippen MR) is 125 cm³/mol. The second-order valence-corrected chi connectivity index (χ2v) is 9.16. The zero-order chi connectivity index (χ0) is 23.9. The summed E-state index contributed by atoms with van der Waals surface area (Å²) in [4.78, 5) is 24.5. The number of carbonyl (C=O) groups is 1. The summed E-state index contributed by atoms with van der Waals surface area (Å²) in [6.45, 7) is 4.01. The SMILES string of the molecule is CC.COc1ccc(-c2ccc3c(=O)n(CCC(C(=O)NO)S(C)(=O)=O)ccc3c2)cc1. The summed E-state index contributed by atoms with van der Waals surface area (Å²) in [7, 11) is -2.14. The molecule has 0 aliphatic heterocycles. The van der Waals surface area contributed by atoms with Gasteiger partial charge >= 0.3 is 0 Å². The van der Waals surface area contributed by atoms with E-state index in [1.807, 2.05) is 50.2 Å². The molecule has 0 aliphatic carbocycles. The third-order valence-corrected chi connectivity index (χ3v) is 6.44. The fraction of sp³-hybridized carbons (Fsp3) is 0.304. The van der Waals surface area contributed by atoms with E-state index >= 15 is 0 Å². The predicted octanol–water partition coefficient (Wildman–Crippen LogP) is 3.01. The highest BCUT2D eigenvalue weighted by Gasteiger charge is 2.28. The first-order chi connectivity index (χ1) is 15.2. The van der Waals surface area contributed by atoms with Gasteiger partial charge in [0, 0.05) is 24.4 Å². The largest absolute Gasteiger partial charge is 0.497 e. The molecule has 1 unspecified atom stereocenters. The molecule has 9 heteroatoms. The maximum absolute atomic E-state index is 12.8. The van der Waals surface area contributed by atoms with Crippen molar-refractivity contribution in [2.75, 3.05) is 13.4 Å². The summed E-state index contributed by atoms with van der Waals surface area (Å²) < 4.78 is 30.1. The number of methoxy groups -OCH3 is 1. The summed E-state index contributed by atoms with van der Waals surface area (Å²) >= 11 is 0. The van der Waals surface area contributed by atoms with Crippen LogP contribution >= 0.6 is 0 Å². The molecule has 0 saturated carbocycles. The van der Waals surface area contributed by atoms with Crippen molar-refractivity contribution in [2.24, 2.45) is 0 Å². The number of amides is 1. The van der Waals surface area contributed by atoms with Crippen LogP contribution in [0.3, 0.4) is 0 Å². The van der Waals surface area contributed by atoms with E-state index in [0.717, 1.165) is 28.5 Å². The standard InChI is InChI=1S/C21H22N2O6S.C2H6/c1-29-17-6-3-14(4-7-17)15-5-8-18-16(13-15)9-11-23(21(18)25)12-10-19(20(24)22-26)30(2,27)28;1-2/h3-9,11,13,19,26H,10,12H2,1-2H3,(H,22,24);1-2H3. The lowest BCUT2D eigenvalue weighted by Gasteiger charge is -2.14. The van der Waals surface area contributed by atoms with Crippen LogP contribution in [0.5, 0.6) is 5.75 Å². The lowest BCUT2D eigenvalue weighted by Crippen LogP contribution is -2.39. The second kappa shape index (κ2) is 10.9. The Morgan fingerprint density at radius 1 is 1.09 bits per heavy atom. The van der Waals surface area contributed by atoms with Gasteiger partial charge < -0.3 is 9.30 Å². The molecule has 0 aliphatic rings. The van der Waals surface area contributed by atoms with E-state index < -0.39 is 21.0 Å². The third kappa shape index (κ3) is 5.74. The average Bonchev–Trinajstić information content (AvgIpc) is 2.80. The Morgan fingerprint density at radius 2 is 1.72 bits per heavy atom. The van der Waals surface area contributed by atoms with Crippen LogP contribution in [0.2, 0.25) is 0 Å². The minimum absolute atomic E-state index is 0.0140. The number of ether oxygens (including phenoxy) is 1. The van der Waals surface area contributed by atoms with Gasteiger partial charge in [-0.05, 0) is 53.3 Å². The first kappa shape index (κ1) is 25.1. The van der Waals surface area contributed by atoms with Gasteiger partial charge in [-0.2, -0.15) is 0 Å². The van der Waals surface area contributed by atoms with Gasteiger partial charge in [0.05, 0.1) is 7.11 Å². The Hall–Kier alpha value is -3.17. The average molecular weight is 461 g/mol. The van der Waals surface area contributed by atoms with E-state index in [0.29, 0.717) is 5.39 Å². The van der Waals surface area contributed by atoms with Crippen molar-refractivity contribution in [1.29, 1.82) is 0 Å². The maximum atomic E-state index is 12.8. The van der Waals surface area contributed by atoms with Crippen molar-refractivity contribution in [1.82, 2.24) is 10.0 Å². The van der Waals surface area contributed by atoms with Crippen molar-refractivity contribution in [2.45, 2.75) is 32.1 Å². The van der Waals surface area contributed by atoms with Gasteiger partial charge in [-0.3, -0.25) is 14.8 Å². The fourth-order valence-corrected chi connectivity index (χ4v) is 4.27. The number of aryl methyl sites for hydroxylation is 1. The Kier molecular flexibility index (Phi) is 8.56. The monoisotopic (exact) mass is 460 g/mol. The molecule has 2 N–H and O–H groups in total. The molecule has 3 rings (SSSR count). The molecule has 8 nitrogen and oxygen atoms in total. The van der Waals surface area contributed by atoms with Gasteiger partial charge in [0.15, 0.2) is 9.84 Å². The number of carbonyl (C=O) groups excluding carboxylic acids is 1. The lowest BCUT2D eigenvalue weighted by molar-refractivity contribution is -0.128. The molecule has 0 fully saturated rings. The second-order valence-electron chi connectivity index (χ2n) is 6.93. The molecule has 1 heterocycles. The molecule has 1 aromatic heterocycles. The summed E-state index contributed by atoms with van der Waals surface area (Å²) in [5, 5.41) is 8.56. The third-order valence-electron chi connectivity index (χ3n) is 4.95. The van der Waals surface area contributed by atoms with Crippen molar-refractivity contribution in [3.05, 3.63) is 65.1 Å². The van der Waals surface area contributed by atoms with Crippen LogP contribution in [0.1, 0.15) is 20.3 Å². The van der Waals surface area contributed by atoms with Gasteiger partial charge in [0.1, 0.15) is 11.0 Å². The van der Waals surface area contributed by atoms with E-state index in [9.17, 15) is 18.0 Å². The number of hydroxylamine groups is 1. The van der Waals surface area contributed by atoms with Crippen LogP contribution in [-0.2, 0) is 21.2 Å². The Bertz CT molecular complexity index is 1230. The number of benzene rings is 2. The summed E-state index contributed by atoms with van der Waals surface area (Å²) in [5.41, 5.74) is 3.00. The molecule has 1 amide bonds. The first-order valence-electron chi connectivity index (χ1n) is 10.1. The van der Waals surface area contributed by atoms with Crippen LogP contribution in [0, 0.1) is 0 Å². The molecule has 1 atom stereocenters. The van der Waals surface area contributed by atoms with Crippen LogP contribution < -0.4 is 15.8 Å². The number of nitrogens with one attached hydrogen (secondary N) is 1. The molecule has 172 valence electrons. The Labute approximate surface area is 187 Å². The van der Waals surface area contributed by atoms with Crippen LogP contribution in [0.4, 0.5) is 0 Å². The highest BCUT2D eigenvalue weighted by Crippen LogP contribution is 2.25. The van der Waals surface area contributed by atoms with Crippen molar-refractivity contribution < 1.29 is 23.2 Å². The number of rotatable bonds is 7. The fourth-order valence-electron chi connectivity index (χ4n) is 3.30. The van der Waals surface area contributed by atoms with Gasteiger partial charge in [0.2, 0.25) is 0 Å². The van der Waals surface area contributed by atoms with Crippen molar-refractivity contribution in [3.8, 4) is 16.9 Å². The number of aromatic nitrogens is 1. The van der Waals surface area contributed by atoms with Crippen LogP contribution in [0.15, 0.2) is 59.5 Å². The number of nitrogens with zero attached hydrogens (tertiary/aromatic N) is 1. The molecule has 0 saturated heterocycles. The van der Waals surface area contributed by atoms with Crippen LogP contribution in [-0.4, -0.2) is 42.7 Å². The highest BCUT2D eigenvalue weighted by atomic mass is 32.2. The summed E-state index contributed by atoms with van der Waals surface area (Å²) in [5.74, 6) is -0.264. The normalized spacial score (nSPS) is 11.9. The number of fused-ring (bicyclic) bond motifs is 1. The van der Waals surface area contributed by atoms with E-state index in [2.05, 4.69) is 0 Å². The summed E-state index contributed by atoms with van der Waals surface area (Å²) in [6.07, 6.45) is 2.34. The molecule has 2 aromatic carbocycles. The van der Waals surface area contributed by atoms with Gasteiger partial charge in [-0.25, -0.2) is 13.9 Å². The quantitative estimate of drug-likeness (QED) is 0.414. The number of hydrogen-bond donors (Lipinski definition) is 2. The molecule has 3 aromatic rings. The molecule has 0 bridgehead atoms. The van der Waals surface area contributed by atoms with Crippen molar-refractivity contribution in [3.63, 3.8) is 0 Å². The number of pyridine rings is 1. The Balaban J connectivity index is 0.00000176. The maximum Gasteiger partial charge on any atom is 0.261 e. The van der Waals surface area contributed by atoms with E-state index in [-0.39, 0.29) is 18.5 Å². The smallest absolute Gasteiger partial charge is 0.261 e. The molecular formula is C23H28N2O6S. The van der Waals surface area contributed by atoms with E-state index in [1.165, 1.54) is 10.0 Å². The summed E-state index contributed by atoms with van der Waals surface area (Å²) in [6, 6.07) is 14.8. The zero-order valence-electron chi connectivity index (χ0n) is 18.5. The highest BCUT2D eigenvalue weighted by molar-refractivity contribution is 7.92. The lowest BCUT2D eigenvalue weighted by atomic mass is 10.0. The molecule has 0 radical (unpaired) electrons. The minimum atomic E-state index is -3.74. The van der Waals surface area contributed by atoms with Gasteiger partial charge in [0.25, 0.3) is 11.5 Å². The van der Waals surface area contributed by atoms with Gasteiger partial charge in [-0.1, -0.05) is 32.0 Å². The molecule has 0 spiro atoms.